The second kappa shape index (κ2) is 10.1. The minimum absolute atomic E-state index is 0.141. The van der Waals surface area contributed by atoms with Gasteiger partial charge in [0.2, 0.25) is 10.0 Å². The molecule has 1 unspecified atom stereocenters. The van der Waals surface area contributed by atoms with Crippen LogP contribution in [0.4, 0.5) is 5.69 Å². The number of furan rings is 1. The standard InChI is InChI=1S/C24H33N3O4S/c1-19(17-21-9-8-16-31-21)25-24(28)20-10-11-22(26-12-4-2-5-13-26)23(18-20)32(29,30)27-14-6-3-7-15-27/h8-11,16,18-19H,2-7,12-15,17H2,1H3,(H,25,28). The Labute approximate surface area is 190 Å². The fraction of sp³-hybridized carbons (Fsp3) is 0.542. The molecule has 0 saturated carbocycles. The molecule has 32 heavy (non-hydrogen) atoms. The van der Waals surface area contributed by atoms with E-state index in [-0.39, 0.29) is 16.8 Å². The van der Waals surface area contributed by atoms with Crippen molar-refractivity contribution in [3.8, 4) is 0 Å². The van der Waals surface area contributed by atoms with Gasteiger partial charge in [0, 0.05) is 44.2 Å². The topological polar surface area (TPSA) is 82.9 Å². The van der Waals surface area contributed by atoms with Crippen molar-refractivity contribution < 1.29 is 17.6 Å². The number of hydrogen-bond donors (Lipinski definition) is 1. The predicted molar refractivity (Wildman–Crippen MR) is 124 cm³/mol. The Morgan fingerprint density at radius 3 is 2.38 bits per heavy atom. The molecule has 0 radical (unpaired) electrons. The van der Waals surface area contributed by atoms with Crippen LogP contribution in [0.15, 0.2) is 45.9 Å². The molecule has 2 aliphatic rings. The van der Waals surface area contributed by atoms with Gasteiger partial charge in [0.25, 0.3) is 5.91 Å². The summed E-state index contributed by atoms with van der Waals surface area (Å²) in [4.78, 5) is 15.4. The van der Waals surface area contributed by atoms with Gasteiger partial charge < -0.3 is 14.6 Å². The molecule has 1 N–H and O–H groups in total. The Balaban J connectivity index is 1.61. The van der Waals surface area contributed by atoms with Gasteiger partial charge in [-0.25, -0.2) is 8.42 Å². The van der Waals surface area contributed by atoms with Gasteiger partial charge in [0.15, 0.2) is 0 Å². The van der Waals surface area contributed by atoms with Crippen molar-refractivity contribution in [2.75, 3.05) is 31.1 Å². The number of nitrogens with zero attached hydrogens (tertiary/aromatic N) is 2. The van der Waals surface area contributed by atoms with Crippen molar-refractivity contribution in [1.29, 1.82) is 0 Å². The molecule has 1 amide bonds. The third kappa shape index (κ3) is 5.18. The summed E-state index contributed by atoms with van der Waals surface area (Å²) in [5, 5.41) is 2.97. The van der Waals surface area contributed by atoms with E-state index in [0.717, 1.165) is 56.6 Å². The van der Waals surface area contributed by atoms with Gasteiger partial charge in [-0.1, -0.05) is 6.42 Å². The van der Waals surface area contributed by atoms with Crippen LogP contribution in [0.25, 0.3) is 0 Å². The van der Waals surface area contributed by atoms with Crippen LogP contribution in [0.2, 0.25) is 0 Å². The zero-order chi connectivity index (χ0) is 22.6. The normalized spacial score (nSPS) is 19.0. The van der Waals surface area contributed by atoms with E-state index in [4.69, 9.17) is 4.42 Å². The fourth-order valence-corrected chi connectivity index (χ4v) is 6.35. The summed E-state index contributed by atoms with van der Waals surface area (Å²) in [6, 6.07) is 8.68. The van der Waals surface area contributed by atoms with E-state index in [1.807, 2.05) is 25.1 Å². The molecule has 3 heterocycles. The Morgan fingerprint density at radius 2 is 1.72 bits per heavy atom. The Bertz CT molecular complexity index is 1010. The van der Waals surface area contributed by atoms with Crippen LogP contribution in [-0.4, -0.2) is 50.9 Å². The van der Waals surface area contributed by atoms with Crippen molar-refractivity contribution in [1.82, 2.24) is 9.62 Å². The quantitative estimate of drug-likeness (QED) is 0.681. The molecule has 1 aromatic heterocycles. The summed E-state index contributed by atoms with van der Waals surface area (Å²) in [5.41, 5.74) is 1.09. The number of carbonyl (C=O) groups is 1. The van der Waals surface area contributed by atoms with E-state index in [9.17, 15) is 13.2 Å². The third-order valence-electron chi connectivity index (χ3n) is 6.32. The average Bonchev–Trinajstić information content (AvgIpc) is 3.32. The lowest BCUT2D eigenvalue weighted by Gasteiger charge is -2.33. The van der Waals surface area contributed by atoms with Crippen LogP contribution < -0.4 is 10.2 Å². The zero-order valence-corrected chi connectivity index (χ0v) is 19.6. The van der Waals surface area contributed by atoms with Gasteiger partial charge in [-0.3, -0.25) is 4.79 Å². The van der Waals surface area contributed by atoms with Crippen molar-refractivity contribution in [3.05, 3.63) is 47.9 Å². The monoisotopic (exact) mass is 459 g/mol. The minimum Gasteiger partial charge on any atom is -0.469 e. The van der Waals surface area contributed by atoms with Crippen molar-refractivity contribution in [3.63, 3.8) is 0 Å². The van der Waals surface area contributed by atoms with E-state index in [1.54, 1.807) is 22.7 Å². The zero-order valence-electron chi connectivity index (χ0n) is 18.8. The number of carbonyl (C=O) groups excluding carboxylic acids is 1. The van der Waals surface area contributed by atoms with Gasteiger partial charge in [0.05, 0.1) is 12.0 Å². The van der Waals surface area contributed by atoms with Crippen molar-refractivity contribution in [2.24, 2.45) is 0 Å². The molecule has 1 atom stereocenters. The molecule has 1 aromatic carbocycles. The first-order valence-electron chi connectivity index (χ1n) is 11.7. The Morgan fingerprint density at radius 1 is 1.03 bits per heavy atom. The molecule has 2 aliphatic heterocycles. The first kappa shape index (κ1) is 22.9. The largest absolute Gasteiger partial charge is 0.469 e. The Kier molecular flexibility index (Phi) is 7.20. The number of amides is 1. The lowest BCUT2D eigenvalue weighted by atomic mass is 10.1. The van der Waals surface area contributed by atoms with Crippen molar-refractivity contribution in [2.45, 2.75) is 62.8 Å². The SMILES string of the molecule is CC(Cc1ccco1)NC(=O)c1ccc(N2CCCCC2)c(S(=O)(=O)N2CCCCC2)c1. The van der Waals surface area contributed by atoms with Crippen LogP contribution in [0, 0.1) is 0 Å². The molecule has 174 valence electrons. The lowest BCUT2D eigenvalue weighted by Crippen LogP contribution is -2.38. The average molecular weight is 460 g/mol. The van der Waals surface area contributed by atoms with E-state index in [0.29, 0.717) is 25.1 Å². The van der Waals surface area contributed by atoms with Crippen molar-refractivity contribution >= 4 is 21.6 Å². The van der Waals surface area contributed by atoms with Gasteiger partial charge in [-0.15, -0.1) is 0 Å². The first-order chi connectivity index (χ1) is 15.4. The molecule has 8 heteroatoms. The van der Waals surface area contributed by atoms with E-state index < -0.39 is 10.0 Å². The maximum atomic E-state index is 13.6. The molecule has 0 bridgehead atoms. The van der Waals surface area contributed by atoms with Gasteiger partial charge >= 0.3 is 0 Å². The highest BCUT2D eigenvalue weighted by Crippen LogP contribution is 2.32. The highest BCUT2D eigenvalue weighted by atomic mass is 32.2. The molecule has 0 spiro atoms. The number of benzene rings is 1. The van der Waals surface area contributed by atoms with Gasteiger partial charge in [-0.05, 0) is 69.4 Å². The van der Waals surface area contributed by atoms with Crippen LogP contribution in [0.5, 0.6) is 0 Å². The Hall–Kier alpha value is -2.32. The number of nitrogens with one attached hydrogen (secondary N) is 1. The number of sulfonamides is 1. The fourth-order valence-electron chi connectivity index (χ4n) is 4.59. The minimum atomic E-state index is -3.67. The molecule has 2 saturated heterocycles. The number of rotatable bonds is 7. The summed E-state index contributed by atoms with van der Waals surface area (Å²) in [7, 11) is -3.67. The molecule has 0 aliphatic carbocycles. The molecular weight excluding hydrogens is 426 g/mol. The molecule has 2 fully saturated rings. The van der Waals surface area contributed by atoms with Crippen LogP contribution in [0.3, 0.4) is 0 Å². The third-order valence-corrected chi connectivity index (χ3v) is 8.24. The van der Waals surface area contributed by atoms with E-state index in [1.165, 1.54) is 6.42 Å². The van der Waals surface area contributed by atoms with Crippen LogP contribution >= 0.6 is 0 Å². The van der Waals surface area contributed by atoms with E-state index >= 15 is 0 Å². The maximum absolute atomic E-state index is 13.6. The summed E-state index contributed by atoms with van der Waals surface area (Å²) >= 11 is 0. The smallest absolute Gasteiger partial charge is 0.251 e. The molecule has 2 aromatic rings. The van der Waals surface area contributed by atoms with Crippen LogP contribution in [-0.2, 0) is 16.4 Å². The van der Waals surface area contributed by atoms with E-state index in [2.05, 4.69) is 10.2 Å². The first-order valence-corrected chi connectivity index (χ1v) is 13.1. The summed E-state index contributed by atoms with van der Waals surface area (Å²) in [6.07, 6.45) is 8.27. The summed E-state index contributed by atoms with van der Waals surface area (Å²) in [6.45, 7) is 4.67. The number of piperidine rings is 2. The lowest BCUT2D eigenvalue weighted by molar-refractivity contribution is 0.0939. The molecule has 4 rings (SSSR count). The second-order valence-electron chi connectivity index (χ2n) is 8.85. The molecule has 7 nitrogen and oxygen atoms in total. The highest BCUT2D eigenvalue weighted by Gasteiger charge is 2.31. The summed E-state index contributed by atoms with van der Waals surface area (Å²) < 4.78 is 34.2. The summed E-state index contributed by atoms with van der Waals surface area (Å²) in [5.74, 6) is 0.524. The number of anilines is 1. The van der Waals surface area contributed by atoms with Gasteiger partial charge in [0.1, 0.15) is 10.7 Å². The second-order valence-corrected chi connectivity index (χ2v) is 10.8. The predicted octanol–water partition coefficient (Wildman–Crippen LogP) is 3.81. The number of hydrogen-bond acceptors (Lipinski definition) is 5. The van der Waals surface area contributed by atoms with Gasteiger partial charge in [-0.2, -0.15) is 4.31 Å². The molecular formula is C24H33N3O4S. The highest BCUT2D eigenvalue weighted by molar-refractivity contribution is 7.89. The van der Waals surface area contributed by atoms with Crippen LogP contribution in [0.1, 0.15) is 61.6 Å². The maximum Gasteiger partial charge on any atom is 0.251 e.